The van der Waals surface area contributed by atoms with Crippen molar-refractivity contribution in [3.8, 4) is 6.07 Å². The Morgan fingerprint density at radius 3 is 2.81 bits per heavy atom. The second-order valence-electron chi connectivity index (χ2n) is 5.70. The summed E-state index contributed by atoms with van der Waals surface area (Å²) in [7, 11) is 0. The molecule has 1 saturated carbocycles. The van der Waals surface area contributed by atoms with Gasteiger partial charge in [0.25, 0.3) is 0 Å². The van der Waals surface area contributed by atoms with Gasteiger partial charge < -0.3 is 5.32 Å². The highest BCUT2D eigenvalue weighted by molar-refractivity contribution is 5.85. The van der Waals surface area contributed by atoms with Crippen LogP contribution < -0.4 is 5.32 Å². The lowest BCUT2D eigenvalue weighted by Gasteiger charge is -2.15. The number of rotatable bonds is 3. The van der Waals surface area contributed by atoms with Gasteiger partial charge in [-0.3, -0.25) is 4.79 Å². The maximum Gasteiger partial charge on any atom is 0.224 e. The van der Waals surface area contributed by atoms with Gasteiger partial charge in [0, 0.05) is 6.04 Å². The molecule has 1 fully saturated rings. The molecule has 2 aromatic rings. The fourth-order valence-corrected chi connectivity index (χ4v) is 3.08. The van der Waals surface area contributed by atoms with Gasteiger partial charge in [-0.15, -0.1) is 0 Å². The second-order valence-corrected chi connectivity index (χ2v) is 5.70. The number of carbonyl (C=O) groups is 1. The molecule has 1 aliphatic carbocycles. The third-order valence-electron chi connectivity index (χ3n) is 4.21. The van der Waals surface area contributed by atoms with Crippen LogP contribution in [-0.4, -0.2) is 11.9 Å². The number of carbonyl (C=O) groups excluding carboxylic acids is 1. The van der Waals surface area contributed by atoms with E-state index in [2.05, 4.69) is 29.6 Å². The lowest BCUT2D eigenvalue weighted by molar-refractivity contribution is -0.121. The fourth-order valence-electron chi connectivity index (χ4n) is 3.08. The zero-order valence-electron chi connectivity index (χ0n) is 11.9. The van der Waals surface area contributed by atoms with Crippen LogP contribution in [0, 0.1) is 17.2 Å². The molecule has 0 heterocycles. The van der Waals surface area contributed by atoms with E-state index in [4.69, 9.17) is 5.26 Å². The topological polar surface area (TPSA) is 52.9 Å². The van der Waals surface area contributed by atoms with E-state index in [0.29, 0.717) is 6.42 Å². The molecule has 0 saturated heterocycles. The number of nitriles is 1. The predicted octanol–water partition coefficient (Wildman–Crippen LogP) is 3.19. The third kappa shape index (κ3) is 3.05. The minimum atomic E-state index is -0.0226. The van der Waals surface area contributed by atoms with E-state index in [0.717, 1.165) is 30.2 Å². The van der Waals surface area contributed by atoms with Crippen molar-refractivity contribution in [2.24, 2.45) is 5.92 Å². The summed E-state index contributed by atoms with van der Waals surface area (Å²) in [6.07, 6.45) is 3.22. The summed E-state index contributed by atoms with van der Waals surface area (Å²) >= 11 is 0. The van der Waals surface area contributed by atoms with Crippen LogP contribution in [0.25, 0.3) is 10.8 Å². The molecular formula is C18H18N2O. The second kappa shape index (κ2) is 5.97. The van der Waals surface area contributed by atoms with Crippen LogP contribution in [0.5, 0.6) is 0 Å². The Bertz CT molecular complexity index is 702. The number of hydrogen-bond acceptors (Lipinski definition) is 2. The summed E-state index contributed by atoms with van der Waals surface area (Å²) in [6, 6.07) is 16.6. The molecule has 0 spiro atoms. The Labute approximate surface area is 124 Å². The Hall–Kier alpha value is -2.34. The van der Waals surface area contributed by atoms with Gasteiger partial charge in [0.05, 0.1) is 18.4 Å². The average molecular weight is 278 g/mol. The summed E-state index contributed by atoms with van der Waals surface area (Å²) in [5.74, 6) is -0.0111. The molecule has 3 rings (SSSR count). The fraction of sp³-hybridized carbons (Fsp3) is 0.333. The summed E-state index contributed by atoms with van der Waals surface area (Å²) in [6.45, 7) is 0. The van der Waals surface area contributed by atoms with Gasteiger partial charge in [-0.2, -0.15) is 5.26 Å². The molecule has 2 atom stereocenters. The van der Waals surface area contributed by atoms with E-state index in [9.17, 15) is 4.79 Å². The average Bonchev–Trinajstić information content (AvgIpc) is 2.94. The van der Waals surface area contributed by atoms with Gasteiger partial charge >= 0.3 is 0 Å². The number of benzene rings is 2. The summed E-state index contributed by atoms with van der Waals surface area (Å²) in [5.41, 5.74) is 1.01. The van der Waals surface area contributed by atoms with Gasteiger partial charge in [-0.25, -0.2) is 0 Å². The van der Waals surface area contributed by atoms with Gasteiger partial charge in [-0.1, -0.05) is 42.5 Å². The van der Waals surface area contributed by atoms with Gasteiger partial charge in [-0.05, 0) is 35.6 Å². The van der Waals surface area contributed by atoms with E-state index in [1.54, 1.807) is 0 Å². The maximum absolute atomic E-state index is 12.1. The minimum absolute atomic E-state index is 0.0115. The maximum atomic E-state index is 12.1. The van der Waals surface area contributed by atoms with Crippen molar-refractivity contribution in [1.29, 1.82) is 5.26 Å². The first-order valence-corrected chi connectivity index (χ1v) is 7.43. The van der Waals surface area contributed by atoms with E-state index in [1.807, 2.05) is 24.3 Å². The van der Waals surface area contributed by atoms with Crippen LogP contribution in [0.15, 0.2) is 42.5 Å². The molecule has 106 valence electrons. The van der Waals surface area contributed by atoms with Crippen molar-refractivity contribution in [1.82, 2.24) is 5.32 Å². The normalized spacial score (nSPS) is 21.1. The zero-order chi connectivity index (χ0) is 14.7. The van der Waals surface area contributed by atoms with Crippen molar-refractivity contribution in [3.63, 3.8) is 0 Å². The smallest absolute Gasteiger partial charge is 0.224 e. The Balaban J connectivity index is 1.67. The first-order chi connectivity index (χ1) is 10.3. The Morgan fingerprint density at radius 2 is 2.00 bits per heavy atom. The highest BCUT2D eigenvalue weighted by Gasteiger charge is 2.28. The molecule has 21 heavy (non-hydrogen) atoms. The number of fused-ring (bicyclic) bond motifs is 1. The molecular weight excluding hydrogens is 260 g/mol. The molecule has 3 heteroatoms. The van der Waals surface area contributed by atoms with Gasteiger partial charge in [0.15, 0.2) is 0 Å². The molecule has 1 amide bonds. The van der Waals surface area contributed by atoms with Gasteiger partial charge in [0.2, 0.25) is 5.91 Å². The molecule has 0 aromatic heterocycles. The van der Waals surface area contributed by atoms with Crippen LogP contribution in [0.3, 0.4) is 0 Å². The van der Waals surface area contributed by atoms with E-state index in [-0.39, 0.29) is 17.9 Å². The van der Waals surface area contributed by atoms with Crippen molar-refractivity contribution in [2.75, 3.05) is 0 Å². The number of amides is 1. The molecule has 3 nitrogen and oxygen atoms in total. The third-order valence-corrected chi connectivity index (χ3v) is 4.21. The molecule has 1 aliphatic rings. The molecule has 1 N–H and O–H groups in total. The standard InChI is InChI=1S/C18H18N2O/c19-12-16-6-3-7-17(16)20-18(21)11-13-8-9-14-4-1-2-5-15(14)10-13/h1-2,4-5,8-10,16-17H,3,6-7,11H2,(H,20,21). The van der Waals surface area contributed by atoms with E-state index in [1.165, 1.54) is 5.39 Å². The van der Waals surface area contributed by atoms with Crippen LogP contribution in [0.4, 0.5) is 0 Å². The SMILES string of the molecule is N#CC1CCCC1NC(=O)Cc1ccc2ccccc2c1. The minimum Gasteiger partial charge on any atom is -0.352 e. The zero-order valence-corrected chi connectivity index (χ0v) is 11.9. The lowest BCUT2D eigenvalue weighted by atomic mass is 10.0. The predicted molar refractivity (Wildman–Crippen MR) is 82.5 cm³/mol. The first-order valence-electron chi connectivity index (χ1n) is 7.43. The van der Waals surface area contributed by atoms with Crippen molar-refractivity contribution < 1.29 is 4.79 Å². The molecule has 2 unspecified atom stereocenters. The van der Waals surface area contributed by atoms with Crippen LogP contribution in [0.2, 0.25) is 0 Å². The lowest BCUT2D eigenvalue weighted by Crippen LogP contribution is -2.37. The van der Waals surface area contributed by atoms with Crippen molar-refractivity contribution in [2.45, 2.75) is 31.7 Å². The summed E-state index contributed by atoms with van der Waals surface area (Å²) < 4.78 is 0. The Kier molecular flexibility index (Phi) is 3.87. The molecule has 0 radical (unpaired) electrons. The highest BCUT2D eigenvalue weighted by atomic mass is 16.1. The first kappa shape index (κ1) is 13.6. The Morgan fingerprint density at radius 1 is 1.19 bits per heavy atom. The van der Waals surface area contributed by atoms with Gasteiger partial charge in [0.1, 0.15) is 0 Å². The van der Waals surface area contributed by atoms with Crippen LogP contribution >= 0.6 is 0 Å². The summed E-state index contributed by atoms with van der Waals surface area (Å²) in [4.78, 5) is 12.1. The monoisotopic (exact) mass is 278 g/mol. The molecule has 2 aromatic carbocycles. The van der Waals surface area contributed by atoms with Crippen molar-refractivity contribution in [3.05, 3.63) is 48.0 Å². The van der Waals surface area contributed by atoms with Crippen LogP contribution in [0.1, 0.15) is 24.8 Å². The summed E-state index contributed by atoms with van der Waals surface area (Å²) in [5, 5.41) is 14.4. The van der Waals surface area contributed by atoms with E-state index >= 15 is 0 Å². The molecule has 0 bridgehead atoms. The number of nitrogens with zero attached hydrogens (tertiary/aromatic N) is 1. The number of hydrogen-bond donors (Lipinski definition) is 1. The largest absolute Gasteiger partial charge is 0.352 e. The highest BCUT2D eigenvalue weighted by Crippen LogP contribution is 2.25. The number of nitrogens with one attached hydrogen (secondary N) is 1. The van der Waals surface area contributed by atoms with E-state index < -0.39 is 0 Å². The molecule has 0 aliphatic heterocycles. The van der Waals surface area contributed by atoms with Crippen molar-refractivity contribution >= 4 is 16.7 Å². The van der Waals surface area contributed by atoms with Crippen LogP contribution in [-0.2, 0) is 11.2 Å². The quantitative estimate of drug-likeness (QED) is 0.937.